The number of aromatic carboxylic acids is 1. The zero-order chi connectivity index (χ0) is 12.8. The fourth-order valence-electron chi connectivity index (χ4n) is 1.42. The normalized spacial score (nSPS) is 12.2. The first-order chi connectivity index (χ1) is 8.10. The molecule has 0 aliphatic carbocycles. The van der Waals surface area contributed by atoms with Gasteiger partial charge in [-0.15, -0.1) is 11.8 Å². The number of aliphatic hydroxyl groups is 1. The van der Waals surface area contributed by atoms with Crippen molar-refractivity contribution in [2.45, 2.75) is 11.8 Å². The van der Waals surface area contributed by atoms with E-state index in [1.165, 1.54) is 11.8 Å². The molecule has 0 spiro atoms. The molecule has 3 N–H and O–H groups in total. The van der Waals surface area contributed by atoms with E-state index in [0.717, 1.165) is 4.90 Å². The molecule has 1 aromatic rings. The van der Waals surface area contributed by atoms with Crippen LogP contribution in [0, 0.1) is 5.92 Å². The number of carboxylic acids is 1. The summed E-state index contributed by atoms with van der Waals surface area (Å²) in [5.41, 5.74) is 0.898. The van der Waals surface area contributed by atoms with Crippen LogP contribution < -0.4 is 5.32 Å². The van der Waals surface area contributed by atoms with Gasteiger partial charge in [0.2, 0.25) is 0 Å². The van der Waals surface area contributed by atoms with Crippen LogP contribution in [-0.2, 0) is 0 Å². The predicted octanol–water partition coefficient (Wildman–Crippen LogP) is 2.15. The Morgan fingerprint density at radius 2 is 2.24 bits per heavy atom. The number of aliphatic hydroxyl groups excluding tert-OH is 1. The van der Waals surface area contributed by atoms with Gasteiger partial charge in [0.05, 0.1) is 5.56 Å². The Balaban J connectivity index is 2.94. The first-order valence-corrected chi connectivity index (χ1v) is 6.57. The number of anilines is 1. The molecule has 17 heavy (non-hydrogen) atoms. The van der Waals surface area contributed by atoms with E-state index in [1.807, 2.05) is 19.2 Å². The van der Waals surface area contributed by atoms with Crippen LogP contribution >= 0.6 is 11.8 Å². The monoisotopic (exact) mass is 255 g/mol. The Morgan fingerprint density at radius 3 is 2.76 bits per heavy atom. The van der Waals surface area contributed by atoms with Gasteiger partial charge in [0.1, 0.15) is 0 Å². The van der Waals surface area contributed by atoms with Crippen LogP contribution in [0.1, 0.15) is 17.3 Å². The summed E-state index contributed by atoms with van der Waals surface area (Å²) >= 11 is 1.41. The van der Waals surface area contributed by atoms with Crippen molar-refractivity contribution in [3.63, 3.8) is 0 Å². The zero-order valence-electron chi connectivity index (χ0n) is 9.93. The summed E-state index contributed by atoms with van der Waals surface area (Å²) in [6.45, 7) is 2.53. The minimum Gasteiger partial charge on any atom is -0.478 e. The molecule has 0 aliphatic heterocycles. The third-order valence-corrected chi connectivity index (χ3v) is 3.19. The number of thioether (sulfide) groups is 1. The number of hydrogen-bond acceptors (Lipinski definition) is 4. The molecular formula is C12H17NO3S. The van der Waals surface area contributed by atoms with Gasteiger partial charge in [-0.25, -0.2) is 4.79 Å². The van der Waals surface area contributed by atoms with Crippen molar-refractivity contribution in [1.82, 2.24) is 0 Å². The molecule has 1 rings (SSSR count). The highest BCUT2D eigenvalue weighted by molar-refractivity contribution is 7.98. The average Bonchev–Trinajstić information content (AvgIpc) is 2.34. The molecule has 0 saturated heterocycles. The molecule has 5 heteroatoms. The van der Waals surface area contributed by atoms with Gasteiger partial charge in [-0.05, 0) is 24.3 Å². The molecule has 0 amide bonds. The first-order valence-electron chi connectivity index (χ1n) is 5.35. The van der Waals surface area contributed by atoms with Crippen LogP contribution in [0.2, 0.25) is 0 Å². The van der Waals surface area contributed by atoms with E-state index in [4.69, 9.17) is 5.11 Å². The lowest BCUT2D eigenvalue weighted by Gasteiger charge is -2.14. The topological polar surface area (TPSA) is 69.6 Å². The lowest BCUT2D eigenvalue weighted by Crippen LogP contribution is -2.16. The average molecular weight is 255 g/mol. The van der Waals surface area contributed by atoms with E-state index < -0.39 is 5.97 Å². The van der Waals surface area contributed by atoms with E-state index in [0.29, 0.717) is 17.8 Å². The highest BCUT2D eigenvalue weighted by Gasteiger charge is 2.15. The van der Waals surface area contributed by atoms with Crippen LogP contribution in [-0.4, -0.2) is 35.6 Å². The van der Waals surface area contributed by atoms with Crippen LogP contribution in [0.4, 0.5) is 5.69 Å². The fraction of sp³-hybridized carbons (Fsp3) is 0.417. The summed E-state index contributed by atoms with van der Waals surface area (Å²) < 4.78 is 0. The number of carboxylic acid groups (broad SMARTS) is 1. The summed E-state index contributed by atoms with van der Waals surface area (Å²) in [6.07, 6.45) is 1.85. The van der Waals surface area contributed by atoms with E-state index >= 15 is 0 Å². The Bertz CT molecular complexity index is 395. The summed E-state index contributed by atoms with van der Waals surface area (Å²) in [4.78, 5) is 11.9. The number of benzene rings is 1. The standard InChI is InChI=1S/C12H17NO3S/c1-8(7-14)6-13-9-4-3-5-10(17-2)11(9)12(15)16/h3-5,8,13-14H,6-7H2,1-2H3,(H,15,16). The fourth-order valence-corrected chi connectivity index (χ4v) is 2.03. The maximum atomic E-state index is 11.2. The van der Waals surface area contributed by atoms with Gasteiger partial charge >= 0.3 is 5.97 Å². The Morgan fingerprint density at radius 1 is 1.53 bits per heavy atom. The van der Waals surface area contributed by atoms with E-state index in [2.05, 4.69) is 5.32 Å². The van der Waals surface area contributed by atoms with Crippen LogP contribution in [0.5, 0.6) is 0 Å². The quantitative estimate of drug-likeness (QED) is 0.679. The van der Waals surface area contributed by atoms with E-state index in [9.17, 15) is 9.90 Å². The number of hydrogen-bond donors (Lipinski definition) is 3. The Labute approximate surface area is 105 Å². The van der Waals surface area contributed by atoms with E-state index in [-0.39, 0.29) is 12.5 Å². The number of nitrogens with one attached hydrogen (secondary N) is 1. The molecule has 4 nitrogen and oxygen atoms in total. The molecule has 0 aliphatic rings. The SMILES string of the molecule is CSc1cccc(NCC(C)CO)c1C(=O)O. The van der Waals surface area contributed by atoms with Crippen LogP contribution in [0.15, 0.2) is 23.1 Å². The van der Waals surface area contributed by atoms with Crippen molar-refractivity contribution in [2.75, 3.05) is 24.7 Å². The van der Waals surface area contributed by atoms with Crippen molar-refractivity contribution in [1.29, 1.82) is 0 Å². The second-order valence-corrected chi connectivity index (χ2v) is 4.70. The maximum absolute atomic E-state index is 11.2. The molecule has 0 fully saturated rings. The molecule has 0 saturated carbocycles. The van der Waals surface area contributed by atoms with Gasteiger partial charge in [-0.3, -0.25) is 0 Å². The van der Waals surface area contributed by atoms with Gasteiger partial charge in [-0.2, -0.15) is 0 Å². The van der Waals surface area contributed by atoms with Gasteiger partial charge in [-0.1, -0.05) is 13.0 Å². The smallest absolute Gasteiger partial charge is 0.338 e. The second-order valence-electron chi connectivity index (χ2n) is 3.86. The molecule has 1 atom stereocenters. The second kappa shape index (κ2) is 6.51. The van der Waals surface area contributed by atoms with Crippen molar-refractivity contribution in [3.8, 4) is 0 Å². The molecule has 0 heterocycles. The van der Waals surface area contributed by atoms with Crippen molar-refractivity contribution >= 4 is 23.4 Å². The lowest BCUT2D eigenvalue weighted by molar-refractivity contribution is 0.0694. The maximum Gasteiger partial charge on any atom is 0.338 e. The largest absolute Gasteiger partial charge is 0.478 e. The molecule has 0 aromatic heterocycles. The molecule has 94 valence electrons. The van der Waals surface area contributed by atoms with Gasteiger partial charge in [0.25, 0.3) is 0 Å². The molecule has 0 bridgehead atoms. The first kappa shape index (κ1) is 13.9. The highest BCUT2D eigenvalue weighted by atomic mass is 32.2. The van der Waals surface area contributed by atoms with E-state index in [1.54, 1.807) is 12.1 Å². The lowest BCUT2D eigenvalue weighted by atomic mass is 10.1. The molecular weight excluding hydrogens is 238 g/mol. The predicted molar refractivity (Wildman–Crippen MR) is 69.9 cm³/mol. The molecule has 1 unspecified atom stereocenters. The van der Waals surface area contributed by atoms with Crippen molar-refractivity contribution in [2.24, 2.45) is 5.92 Å². The number of carbonyl (C=O) groups is 1. The van der Waals surface area contributed by atoms with Crippen molar-refractivity contribution in [3.05, 3.63) is 23.8 Å². The van der Waals surface area contributed by atoms with Gasteiger partial charge in [0, 0.05) is 23.7 Å². The van der Waals surface area contributed by atoms with Crippen LogP contribution in [0.25, 0.3) is 0 Å². The molecule has 0 radical (unpaired) electrons. The Hall–Kier alpha value is -1.20. The third kappa shape index (κ3) is 3.64. The van der Waals surface area contributed by atoms with Gasteiger partial charge in [0.15, 0.2) is 0 Å². The number of rotatable bonds is 6. The summed E-state index contributed by atoms with van der Waals surface area (Å²) in [5.74, 6) is -0.844. The Kier molecular flexibility index (Phi) is 5.31. The highest BCUT2D eigenvalue weighted by Crippen LogP contribution is 2.27. The third-order valence-electron chi connectivity index (χ3n) is 2.41. The minimum absolute atomic E-state index is 0.0810. The summed E-state index contributed by atoms with van der Waals surface area (Å²) in [7, 11) is 0. The summed E-state index contributed by atoms with van der Waals surface area (Å²) in [5, 5.41) is 21.2. The summed E-state index contributed by atoms with van der Waals surface area (Å²) in [6, 6.07) is 5.35. The minimum atomic E-state index is -0.936. The van der Waals surface area contributed by atoms with Crippen LogP contribution in [0.3, 0.4) is 0 Å². The van der Waals surface area contributed by atoms with Crippen molar-refractivity contribution < 1.29 is 15.0 Å². The molecule has 1 aromatic carbocycles. The zero-order valence-corrected chi connectivity index (χ0v) is 10.8. The van der Waals surface area contributed by atoms with Gasteiger partial charge < -0.3 is 15.5 Å².